The molecule has 0 unspecified atom stereocenters. The third-order valence-corrected chi connectivity index (χ3v) is 20.6. The molecule has 0 aromatic heterocycles. The minimum Gasteiger partial charge on any atom is -0.488 e. The summed E-state index contributed by atoms with van der Waals surface area (Å²) in [6.07, 6.45) is -0.896. The predicted octanol–water partition coefficient (Wildman–Crippen LogP) is 7.49. The molecule has 0 aliphatic carbocycles. The smallest absolute Gasteiger partial charge is 0.407 e. The van der Waals surface area contributed by atoms with Crippen LogP contribution in [-0.2, 0) is 88.5 Å². The molecule has 17 N–H and O–H groups in total. The van der Waals surface area contributed by atoms with Crippen LogP contribution >= 0.6 is 0 Å². The minimum atomic E-state index is -1.85. The zero-order valence-electron chi connectivity index (χ0n) is 78.2. The molecule has 0 radical (unpaired) electrons. The number of carbonyl (C=O) groups excluding carboxylic acids is 13. The van der Waals surface area contributed by atoms with Gasteiger partial charge in [-0.2, -0.15) is 0 Å². The highest BCUT2D eigenvalue weighted by molar-refractivity contribution is 6.00. The third kappa shape index (κ3) is 38.2. The van der Waals surface area contributed by atoms with E-state index in [1.165, 1.54) is 20.8 Å². The molecule has 4 aromatic carbocycles. The summed E-state index contributed by atoms with van der Waals surface area (Å²) < 4.78 is 23.0. The first kappa shape index (κ1) is 108. The SMILES string of the molecule is CC[C@H](C)[C@H](NC(=O)[C@H](CCCCNC(=O)OC(C)(C)C)NC(=O)[C@H](CC(=O)OC(C)(C)C)NC(=O)[C@H](CC(C)C)NC(=O)C(C)(C)NC(=O)[C@@H](NC(=O)[C@H](COC(C)(C)C)NC(=O)[C@@H](N)Cc1ccc(OC(C)(C)C)cc1)[C@@H](C)CC)C(=O)N[C@@H](C)C(=O)N[C@@H](CCC(=O)NC(c1ccccc1)(c1ccccc1)c1ccccc1)C(=O)N[C@@H](CCCCN)C(=O)O. The Morgan fingerprint density at radius 1 is 0.433 bits per heavy atom. The van der Waals surface area contributed by atoms with Crippen molar-refractivity contribution >= 4 is 83.0 Å². The van der Waals surface area contributed by atoms with E-state index >= 15 is 9.59 Å². The fourth-order valence-electron chi connectivity index (χ4n) is 13.4. The molecule has 0 fully saturated rings. The summed E-state index contributed by atoms with van der Waals surface area (Å²) in [4.78, 5) is 201. The predicted molar refractivity (Wildman–Crippen MR) is 484 cm³/mol. The number of unbranched alkanes of at least 4 members (excludes halogenated alkanes) is 2. The van der Waals surface area contributed by atoms with Crippen molar-refractivity contribution in [3.63, 3.8) is 0 Å². The molecule has 0 aliphatic heterocycles. The number of nitrogens with one attached hydrogen (secondary N) is 12. The van der Waals surface area contributed by atoms with Crippen LogP contribution in [0.15, 0.2) is 115 Å². The van der Waals surface area contributed by atoms with Gasteiger partial charge in [0, 0.05) is 13.0 Å². The van der Waals surface area contributed by atoms with Crippen LogP contribution in [0.25, 0.3) is 0 Å². The molecular formula is C94H144N14O19. The van der Waals surface area contributed by atoms with E-state index in [9.17, 15) is 62.6 Å². The summed E-state index contributed by atoms with van der Waals surface area (Å²) in [5.74, 6) is -12.9. The molecule has 0 aliphatic rings. The number of esters is 1. The summed E-state index contributed by atoms with van der Waals surface area (Å²) in [6.45, 7) is 35.2. The van der Waals surface area contributed by atoms with Gasteiger partial charge in [-0.1, -0.05) is 158 Å². The number of amides is 12. The summed E-state index contributed by atoms with van der Waals surface area (Å²) in [5, 5.41) is 42.8. The molecule has 33 heteroatoms. The molecule has 33 nitrogen and oxygen atoms in total. The summed E-state index contributed by atoms with van der Waals surface area (Å²) in [7, 11) is 0. The van der Waals surface area contributed by atoms with E-state index in [1.54, 1.807) is 128 Å². The van der Waals surface area contributed by atoms with Crippen LogP contribution in [0.1, 0.15) is 245 Å². The van der Waals surface area contributed by atoms with Crippen LogP contribution < -0.4 is 80.0 Å². The second-order valence-electron chi connectivity index (χ2n) is 37.4. The van der Waals surface area contributed by atoms with Crippen LogP contribution in [0, 0.1) is 17.8 Å². The first-order valence-electron chi connectivity index (χ1n) is 44.0. The Morgan fingerprint density at radius 2 is 0.882 bits per heavy atom. The lowest BCUT2D eigenvalue weighted by molar-refractivity contribution is -0.157. The lowest BCUT2D eigenvalue weighted by Crippen LogP contribution is -2.64. The van der Waals surface area contributed by atoms with Crippen LogP contribution in [0.4, 0.5) is 4.79 Å². The molecular weight excluding hydrogens is 1630 g/mol. The molecule has 704 valence electrons. The first-order valence-corrected chi connectivity index (χ1v) is 44.0. The van der Waals surface area contributed by atoms with Gasteiger partial charge in [0.05, 0.1) is 24.7 Å². The standard InChI is InChI=1S/C94H144N14O19/c1-22-58(5)75(84(118)98-60(7)77(111)99-68(79(113)101-69(86(120)121)44-33-35-51-95)49-50-73(109)107-94(62-37-27-24-28-38-62,63-39-29-25-30-40-63)64-41-31-26-32-42-64)105-80(114)67(43-34-36-52-97-88(123)127-92(17,18)19)100-82(116)71(55-74(110)126-91(14,15)16)102-81(115)70(53-57(3)4)104-87(122)93(20,21)108-85(119)76(59(6)23-2)106-83(117)72(56-124-89(8,9)10)103-78(112)66(96)54-61-45-47-65(48-46-61)125-90(11,12)13/h24-32,37-42,45-48,57-60,66-72,75-76H,22-23,33-36,43-44,49-56,95-96H2,1-21H3,(H,97,123)(H,98,118)(H,99,111)(H,100,116)(H,101,113)(H,102,115)(H,103,112)(H,104,122)(H,105,114)(H,106,117)(H,107,109)(H,108,119)(H,120,121)/t58-,59-,60-,66-,67-,68-,69-,70-,71-,72-,75-,76-/m0/s1. The van der Waals surface area contributed by atoms with Crippen molar-refractivity contribution in [3.8, 4) is 5.75 Å². The van der Waals surface area contributed by atoms with Crippen molar-refractivity contribution in [3.05, 3.63) is 138 Å². The number of hydrogen-bond acceptors (Lipinski definition) is 20. The van der Waals surface area contributed by atoms with Crippen molar-refractivity contribution < 1.29 is 91.2 Å². The Hall–Kier alpha value is -11.1. The first-order chi connectivity index (χ1) is 59.2. The Morgan fingerprint density at radius 3 is 1.37 bits per heavy atom. The van der Waals surface area contributed by atoms with E-state index < -0.39 is 202 Å². The van der Waals surface area contributed by atoms with Gasteiger partial charge in [-0.15, -0.1) is 0 Å². The molecule has 0 saturated heterocycles. The highest BCUT2D eigenvalue weighted by Crippen LogP contribution is 2.37. The maximum Gasteiger partial charge on any atom is 0.407 e. The number of ether oxygens (including phenoxy) is 4. The molecule has 0 saturated carbocycles. The summed E-state index contributed by atoms with van der Waals surface area (Å²) >= 11 is 0. The highest BCUT2D eigenvalue weighted by Gasteiger charge is 2.43. The fraction of sp³-hybridized carbons (Fsp3) is 0.596. The summed E-state index contributed by atoms with van der Waals surface area (Å²) in [6, 6.07) is 20.1. The minimum absolute atomic E-state index is 0.0210. The lowest BCUT2D eigenvalue weighted by atomic mass is 9.77. The zero-order chi connectivity index (χ0) is 95.5. The number of nitrogens with two attached hydrogens (primary N) is 2. The van der Waals surface area contributed by atoms with Crippen molar-refractivity contribution in [1.29, 1.82) is 0 Å². The van der Waals surface area contributed by atoms with Gasteiger partial charge in [-0.05, 0) is 220 Å². The van der Waals surface area contributed by atoms with Crippen molar-refractivity contribution in [2.24, 2.45) is 29.2 Å². The number of alkyl carbamates (subject to hydrolysis) is 1. The van der Waals surface area contributed by atoms with Gasteiger partial charge in [0.15, 0.2) is 0 Å². The van der Waals surface area contributed by atoms with Gasteiger partial charge in [0.2, 0.25) is 65.0 Å². The van der Waals surface area contributed by atoms with Crippen molar-refractivity contribution in [1.82, 2.24) is 63.8 Å². The third-order valence-electron chi connectivity index (χ3n) is 20.6. The van der Waals surface area contributed by atoms with E-state index in [0.29, 0.717) is 41.7 Å². The summed E-state index contributed by atoms with van der Waals surface area (Å²) in [5.41, 5.74) is 8.65. The van der Waals surface area contributed by atoms with Gasteiger partial charge in [0.25, 0.3) is 0 Å². The molecule has 0 heterocycles. The van der Waals surface area contributed by atoms with E-state index in [1.807, 2.05) is 112 Å². The normalized spacial score (nSPS) is 14.8. The highest BCUT2D eigenvalue weighted by atomic mass is 16.6. The van der Waals surface area contributed by atoms with Gasteiger partial charge in [-0.3, -0.25) is 57.5 Å². The molecule has 4 aromatic rings. The van der Waals surface area contributed by atoms with E-state index in [0.717, 1.165) is 5.56 Å². The maximum absolute atomic E-state index is 15.1. The zero-order valence-corrected chi connectivity index (χ0v) is 78.2. The number of hydrogen-bond donors (Lipinski definition) is 15. The van der Waals surface area contributed by atoms with Gasteiger partial charge in [0.1, 0.15) is 88.0 Å². The Balaban J connectivity index is 1.67. The lowest BCUT2D eigenvalue weighted by Gasteiger charge is -2.37. The van der Waals surface area contributed by atoms with Gasteiger partial charge >= 0.3 is 18.0 Å². The fourth-order valence-corrected chi connectivity index (χ4v) is 13.4. The van der Waals surface area contributed by atoms with Crippen LogP contribution in [0.3, 0.4) is 0 Å². The average molecular weight is 1770 g/mol. The van der Waals surface area contributed by atoms with E-state index in [2.05, 4.69) is 63.8 Å². The van der Waals surface area contributed by atoms with Crippen LogP contribution in [0.5, 0.6) is 5.75 Å². The van der Waals surface area contributed by atoms with Crippen molar-refractivity contribution in [2.75, 3.05) is 19.7 Å². The average Bonchev–Trinajstić information content (AvgIpc) is 0.752. The number of rotatable bonds is 50. The van der Waals surface area contributed by atoms with Gasteiger partial charge in [-0.25, -0.2) is 9.59 Å². The number of carbonyl (C=O) groups is 14. The molecule has 12 atom stereocenters. The Labute approximate surface area is 749 Å². The molecule has 127 heavy (non-hydrogen) atoms. The largest absolute Gasteiger partial charge is 0.488 e. The number of carboxylic acids is 1. The Bertz CT molecular complexity index is 4160. The van der Waals surface area contributed by atoms with Crippen molar-refractivity contribution in [2.45, 2.75) is 323 Å². The molecule has 0 spiro atoms. The second-order valence-corrected chi connectivity index (χ2v) is 37.4. The van der Waals surface area contributed by atoms with E-state index in [-0.39, 0.29) is 77.0 Å². The van der Waals surface area contributed by atoms with E-state index in [4.69, 9.17) is 30.4 Å². The molecule has 0 bridgehead atoms. The molecule has 4 rings (SSSR count). The Kier molecular flexibility index (Phi) is 43.0. The second kappa shape index (κ2) is 50.5. The van der Waals surface area contributed by atoms with Gasteiger partial charge < -0.3 is 99.3 Å². The van der Waals surface area contributed by atoms with Crippen LogP contribution in [-0.4, -0.2) is 196 Å². The number of carboxylic acid groups (broad SMARTS) is 1. The monoisotopic (exact) mass is 1770 g/mol. The maximum atomic E-state index is 15.1. The number of aliphatic carboxylic acids is 1. The molecule has 12 amide bonds. The van der Waals surface area contributed by atoms with Crippen LogP contribution in [0.2, 0.25) is 0 Å². The number of benzene rings is 4. The topological polar surface area (TPSA) is 493 Å². The quantitative estimate of drug-likeness (QED) is 0.0116.